The minimum absolute atomic E-state index is 0.367. The number of nitrogens with zero attached hydrogens (tertiary/aromatic N) is 1. The normalized spacial score (nSPS) is 20.3. The third-order valence-electron chi connectivity index (χ3n) is 4.01. The van der Waals surface area contributed by atoms with Gasteiger partial charge in [-0.25, -0.2) is 0 Å². The minimum Gasteiger partial charge on any atom is -0.381 e. The second-order valence-corrected chi connectivity index (χ2v) is 5.48. The van der Waals surface area contributed by atoms with Crippen LogP contribution in [0.15, 0.2) is 0 Å². The number of primary amides is 1. The molecule has 19 heavy (non-hydrogen) atoms. The van der Waals surface area contributed by atoms with Gasteiger partial charge in [-0.2, -0.15) is 0 Å². The standard InChI is InChI=1S/C13H18ClN3O2/c14-11-10(13(15)18)9-7-16-3-4-17(9)12(11)8-1-5-19-6-2-8/h8,16H,1-7H2,(H2,15,18). The first kappa shape index (κ1) is 13.0. The fourth-order valence-electron chi connectivity index (χ4n) is 3.11. The van der Waals surface area contributed by atoms with E-state index in [-0.39, 0.29) is 0 Å². The molecule has 1 aromatic heterocycles. The lowest BCUT2D eigenvalue weighted by molar-refractivity contribution is 0.0836. The summed E-state index contributed by atoms with van der Waals surface area (Å²) in [6.45, 7) is 3.90. The fraction of sp³-hybridized carbons (Fsp3) is 0.615. The predicted molar refractivity (Wildman–Crippen MR) is 72.5 cm³/mol. The highest BCUT2D eigenvalue weighted by molar-refractivity contribution is 6.34. The Morgan fingerprint density at radius 1 is 1.42 bits per heavy atom. The molecule has 2 aliphatic rings. The number of aromatic nitrogens is 1. The number of rotatable bonds is 2. The first-order valence-corrected chi connectivity index (χ1v) is 7.07. The highest BCUT2D eigenvalue weighted by Gasteiger charge is 2.31. The molecule has 104 valence electrons. The van der Waals surface area contributed by atoms with E-state index in [1.54, 1.807) is 0 Å². The van der Waals surface area contributed by atoms with E-state index in [0.29, 0.717) is 23.0 Å². The number of ether oxygens (including phenoxy) is 1. The van der Waals surface area contributed by atoms with Crippen molar-refractivity contribution in [2.24, 2.45) is 5.73 Å². The van der Waals surface area contributed by atoms with E-state index in [4.69, 9.17) is 22.1 Å². The summed E-state index contributed by atoms with van der Waals surface area (Å²) >= 11 is 6.46. The molecule has 1 saturated heterocycles. The average molecular weight is 284 g/mol. The van der Waals surface area contributed by atoms with Gasteiger partial charge in [-0.1, -0.05) is 11.6 Å². The largest absolute Gasteiger partial charge is 0.381 e. The summed E-state index contributed by atoms with van der Waals surface area (Å²) in [5.74, 6) is -0.0676. The van der Waals surface area contributed by atoms with E-state index in [2.05, 4.69) is 9.88 Å². The Hall–Kier alpha value is -1.04. The molecule has 0 spiro atoms. The van der Waals surface area contributed by atoms with Crippen molar-refractivity contribution in [3.63, 3.8) is 0 Å². The summed E-state index contributed by atoms with van der Waals surface area (Å²) in [6.07, 6.45) is 1.91. The SMILES string of the molecule is NC(=O)c1c(Cl)c(C2CCOCC2)n2c1CNCC2. The van der Waals surface area contributed by atoms with Gasteiger partial charge in [0.2, 0.25) is 0 Å². The maximum Gasteiger partial charge on any atom is 0.252 e. The number of hydrogen-bond donors (Lipinski definition) is 2. The molecule has 0 radical (unpaired) electrons. The van der Waals surface area contributed by atoms with Crippen LogP contribution in [0.4, 0.5) is 0 Å². The van der Waals surface area contributed by atoms with Crippen LogP contribution in [0.5, 0.6) is 0 Å². The lowest BCUT2D eigenvalue weighted by Crippen LogP contribution is -2.31. The number of hydrogen-bond acceptors (Lipinski definition) is 3. The van der Waals surface area contributed by atoms with Crippen LogP contribution in [0.2, 0.25) is 5.02 Å². The van der Waals surface area contributed by atoms with Crippen molar-refractivity contribution in [2.45, 2.75) is 31.8 Å². The summed E-state index contributed by atoms with van der Waals surface area (Å²) in [5.41, 5.74) is 8.00. The molecule has 3 heterocycles. The number of amides is 1. The van der Waals surface area contributed by atoms with Crippen molar-refractivity contribution in [1.29, 1.82) is 0 Å². The molecule has 0 unspecified atom stereocenters. The summed E-state index contributed by atoms with van der Waals surface area (Å²) in [4.78, 5) is 11.7. The van der Waals surface area contributed by atoms with E-state index in [1.807, 2.05) is 0 Å². The minimum atomic E-state index is -0.434. The Labute approximate surface area is 117 Å². The fourth-order valence-corrected chi connectivity index (χ4v) is 3.57. The Balaban J connectivity index is 2.09. The van der Waals surface area contributed by atoms with Crippen LogP contribution in [0.25, 0.3) is 0 Å². The maximum atomic E-state index is 11.7. The van der Waals surface area contributed by atoms with Gasteiger partial charge in [-0.05, 0) is 12.8 Å². The molecule has 0 bridgehead atoms. The molecule has 1 amide bonds. The van der Waals surface area contributed by atoms with Crippen molar-refractivity contribution >= 4 is 17.5 Å². The van der Waals surface area contributed by atoms with Gasteiger partial charge in [0.15, 0.2) is 0 Å². The van der Waals surface area contributed by atoms with Gasteiger partial charge in [-0.3, -0.25) is 4.79 Å². The Bertz CT molecular complexity index is 506. The topological polar surface area (TPSA) is 69.3 Å². The van der Waals surface area contributed by atoms with Crippen LogP contribution in [0, 0.1) is 0 Å². The van der Waals surface area contributed by atoms with Crippen LogP contribution in [0.3, 0.4) is 0 Å². The molecule has 0 saturated carbocycles. The molecule has 6 heteroatoms. The Kier molecular flexibility index (Phi) is 3.52. The Morgan fingerprint density at radius 2 is 2.16 bits per heavy atom. The molecule has 5 nitrogen and oxygen atoms in total. The van der Waals surface area contributed by atoms with Crippen LogP contribution in [-0.4, -0.2) is 30.2 Å². The molecule has 2 aliphatic heterocycles. The third-order valence-corrected chi connectivity index (χ3v) is 4.39. The van der Waals surface area contributed by atoms with Gasteiger partial charge in [0.1, 0.15) is 0 Å². The van der Waals surface area contributed by atoms with Gasteiger partial charge in [0, 0.05) is 50.2 Å². The van der Waals surface area contributed by atoms with Gasteiger partial charge < -0.3 is 20.4 Å². The molecule has 0 aliphatic carbocycles. The van der Waals surface area contributed by atoms with Crippen LogP contribution in [-0.2, 0) is 17.8 Å². The van der Waals surface area contributed by atoms with Crippen molar-refractivity contribution in [1.82, 2.24) is 9.88 Å². The molecule has 3 rings (SSSR count). The van der Waals surface area contributed by atoms with Crippen LogP contribution < -0.4 is 11.1 Å². The monoisotopic (exact) mass is 283 g/mol. The number of carbonyl (C=O) groups excluding carboxylic acids is 1. The quantitative estimate of drug-likeness (QED) is 0.858. The molecular weight excluding hydrogens is 266 g/mol. The average Bonchev–Trinajstić information content (AvgIpc) is 2.71. The van der Waals surface area contributed by atoms with Crippen molar-refractivity contribution in [3.8, 4) is 0 Å². The van der Waals surface area contributed by atoms with E-state index in [1.165, 1.54) is 0 Å². The second kappa shape index (κ2) is 5.15. The molecular formula is C13H18ClN3O2. The lowest BCUT2D eigenvalue weighted by atomic mass is 9.96. The van der Waals surface area contributed by atoms with Crippen molar-refractivity contribution in [3.05, 3.63) is 22.0 Å². The maximum absolute atomic E-state index is 11.7. The van der Waals surface area contributed by atoms with E-state index in [9.17, 15) is 4.79 Å². The van der Waals surface area contributed by atoms with E-state index < -0.39 is 5.91 Å². The summed E-state index contributed by atoms with van der Waals surface area (Å²) in [6, 6.07) is 0. The van der Waals surface area contributed by atoms with Crippen molar-refractivity contribution < 1.29 is 9.53 Å². The van der Waals surface area contributed by atoms with Crippen LogP contribution >= 0.6 is 11.6 Å². The Morgan fingerprint density at radius 3 is 2.84 bits per heavy atom. The predicted octanol–water partition coefficient (Wildman–Crippen LogP) is 1.24. The summed E-state index contributed by atoms with van der Waals surface area (Å²) in [5, 5.41) is 3.82. The summed E-state index contributed by atoms with van der Waals surface area (Å²) < 4.78 is 7.59. The zero-order valence-corrected chi connectivity index (χ0v) is 11.5. The third kappa shape index (κ3) is 2.16. The van der Waals surface area contributed by atoms with Gasteiger partial charge in [0.25, 0.3) is 5.91 Å². The zero-order chi connectivity index (χ0) is 13.4. The lowest BCUT2D eigenvalue weighted by Gasteiger charge is -2.26. The highest BCUT2D eigenvalue weighted by atomic mass is 35.5. The van der Waals surface area contributed by atoms with E-state index >= 15 is 0 Å². The number of fused-ring (bicyclic) bond motifs is 1. The smallest absolute Gasteiger partial charge is 0.252 e. The number of carbonyl (C=O) groups is 1. The van der Waals surface area contributed by atoms with Crippen LogP contribution in [0.1, 0.15) is 40.5 Å². The molecule has 0 aromatic carbocycles. The number of nitrogens with two attached hydrogens (primary N) is 1. The number of nitrogens with one attached hydrogen (secondary N) is 1. The van der Waals surface area contributed by atoms with Gasteiger partial charge in [-0.15, -0.1) is 0 Å². The zero-order valence-electron chi connectivity index (χ0n) is 10.7. The molecule has 1 aromatic rings. The van der Waals surface area contributed by atoms with Crippen molar-refractivity contribution in [2.75, 3.05) is 19.8 Å². The van der Waals surface area contributed by atoms with Gasteiger partial charge >= 0.3 is 0 Å². The number of halogens is 1. The molecule has 1 fully saturated rings. The first-order chi connectivity index (χ1) is 9.20. The van der Waals surface area contributed by atoms with Gasteiger partial charge in [0.05, 0.1) is 10.6 Å². The highest BCUT2D eigenvalue weighted by Crippen LogP contribution is 2.38. The molecule has 3 N–H and O–H groups in total. The first-order valence-electron chi connectivity index (χ1n) is 6.69. The summed E-state index contributed by atoms with van der Waals surface area (Å²) in [7, 11) is 0. The van der Waals surface area contributed by atoms with E-state index in [0.717, 1.165) is 50.5 Å². The second-order valence-electron chi connectivity index (χ2n) is 5.10. The molecule has 0 atom stereocenters.